The van der Waals surface area contributed by atoms with Crippen LogP contribution >= 0.6 is 0 Å². The molecule has 1 unspecified atom stereocenters. The van der Waals surface area contributed by atoms with Crippen molar-refractivity contribution in [1.29, 1.82) is 0 Å². The molecule has 0 saturated heterocycles. The molecular weight excluding hydrogens is 299 g/mol. The molecule has 124 valence electrons. The van der Waals surface area contributed by atoms with E-state index in [2.05, 4.69) is 15.3 Å². The van der Waals surface area contributed by atoms with Crippen LogP contribution in [-0.2, 0) is 11.2 Å². The normalized spacial score (nSPS) is 13.1. The van der Waals surface area contributed by atoms with Gasteiger partial charge in [0, 0.05) is 31.7 Å². The predicted octanol–water partition coefficient (Wildman–Crippen LogP) is 1.96. The van der Waals surface area contributed by atoms with Crippen molar-refractivity contribution in [2.75, 3.05) is 20.3 Å². The number of hydrogen-bond donors (Lipinski definition) is 2. The van der Waals surface area contributed by atoms with E-state index >= 15 is 0 Å². The zero-order valence-corrected chi connectivity index (χ0v) is 13.3. The number of ether oxygens (including phenoxy) is 1. The summed E-state index contributed by atoms with van der Waals surface area (Å²) in [6, 6.07) is 6.10. The summed E-state index contributed by atoms with van der Waals surface area (Å²) in [7, 11) is 1.63. The molecule has 2 rings (SSSR count). The van der Waals surface area contributed by atoms with Crippen molar-refractivity contribution in [1.82, 2.24) is 10.3 Å². The first-order valence-electron chi connectivity index (χ1n) is 7.34. The van der Waals surface area contributed by atoms with Crippen molar-refractivity contribution < 1.29 is 13.5 Å². The van der Waals surface area contributed by atoms with Gasteiger partial charge in [0.05, 0.1) is 12.3 Å². The van der Waals surface area contributed by atoms with Gasteiger partial charge in [0.15, 0.2) is 5.96 Å². The summed E-state index contributed by atoms with van der Waals surface area (Å²) >= 11 is 0. The van der Waals surface area contributed by atoms with Crippen LogP contribution in [0.4, 0.5) is 4.39 Å². The number of benzene rings is 1. The minimum absolute atomic E-state index is 0.0980. The Morgan fingerprint density at radius 1 is 1.43 bits per heavy atom. The minimum atomic E-state index is -0.291. The summed E-state index contributed by atoms with van der Waals surface area (Å²) in [6.07, 6.45) is 2.18. The largest absolute Gasteiger partial charge is 0.444 e. The van der Waals surface area contributed by atoms with Gasteiger partial charge in [0.2, 0.25) is 5.89 Å². The van der Waals surface area contributed by atoms with Gasteiger partial charge < -0.3 is 20.2 Å². The first kappa shape index (κ1) is 17.0. The number of methoxy groups -OCH3 is 1. The molecule has 7 heteroatoms. The van der Waals surface area contributed by atoms with Gasteiger partial charge in [-0.15, -0.1) is 0 Å². The molecule has 0 aliphatic carbocycles. The Morgan fingerprint density at radius 3 is 2.87 bits per heavy atom. The van der Waals surface area contributed by atoms with Crippen LogP contribution in [0.3, 0.4) is 0 Å². The van der Waals surface area contributed by atoms with Crippen molar-refractivity contribution in [2.24, 2.45) is 10.7 Å². The zero-order chi connectivity index (χ0) is 16.7. The fraction of sp³-hybridized carbons (Fsp3) is 0.375. The van der Waals surface area contributed by atoms with E-state index in [9.17, 15) is 4.39 Å². The van der Waals surface area contributed by atoms with Gasteiger partial charge in [-0.2, -0.15) is 0 Å². The highest BCUT2D eigenvalue weighted by Gasteiger charge is 2.07. The average Bonchev–Trinajstić information content (AvgIpc) is 2.97. The molecule has 0 aliphatic heterocycles. The van der Waals surface area contributed by atoms with Crippen LogP contribution in [0.5, 0.6) is 0 Å². The van der Waals surface area contributed by atoms with E-state index in [-0.39, 0.29) is 11.9 Å². The number of oxazole rings is 1. The number of aliphatic imine (C=N–C) groups is 1. The number of rotatable bonds is 7. The van der Waals surface area contributed by atoms with Crippen LogP contribution in [0.2, 0.25) is 0 Å². The maximum absolute atomic E-state index is 12.9. The van der Waals surface area contributed by atoms with E-state index in [0.717, 1.165) is 11.3 Å². The van der Waals surface area contributed by atoms with E-state index in [4.69, 9.17) is 14.9 Å². The Morgan fingerprint density at radius 2 is 2.17 bits per heavy atom. The zero-order valence-electron chi connectivity index (χ0n) is 13.3. The molecule has 1 atom stereocenters. The second-order valence-corrected chi connectivity index (χ2v) is 5.17. The smallest absolute Gasteiger partial charge is 0.226 e. The molecule has 0 fully saturated rings. The number of nitrogens with zero attached hydrogens (tertiary/aromatic N) is 2. The quantitative estimate of drug-likeness (QED) is 0.602. The number of guanidine groups is 1. The highest BCUT2D eigenvalue weighted by Crippen LogP contribution is 2.19. The third-order valence-electron chi connectivity index (χ3n) is 3.10. The van der Waals surface area contributed by atoms with Crippen molar-refractivity contribution in [2.45, 2.75) is 19.4 Å². The van der Waals surface area contributed by atoms with Crippen LogP contribution in [0.15, 0.2) is 39.9 Å². The maximum atomic E-state index is 12.9. The lowest BCUT2D eigenvalue weighted by atomic mass is 10.2. The Balaban J connectivity index is 1.86. The van der Waals surface area contributed by atoms with Gasteiger partial charge in [-0.25, -0.2) is 9.37 Å². The van der Waals surface area contributed by atoms with Gasteiger partial charge in [0.1, 0.15) is 12.1 Å². The number of nitrogens with one attached hydrogen (secondary N) is 1. The molecule has 23 heavy (non-hydrogen) atoms. The van der Waals surface area contributed by atoms with Gasteiger partial charge >= 0.3 is 0 Å². The molecule has 0 spiro atoms. The van der Waals surface area contributed by atoms with Gasteiger partial charge in [-0.05, 0) is 31.2 Å². The highest BCUT2D eigenvalue weighted by atomic mass is 19.1. The van der Waals surface area contributed by atoms with Gasteiger partial charge in [-0.3, -0.25) is 4.99 Å². The van der Waals surface area contributed by atoms with E-state index in [1.165, 1.54) is 12.1 Å². The lowest BCUT2D eigenvalue weighted by molar-refractivity contribution is 0.179. The number of hydrogen-bond acceptors (Lipinski definition) is 4. The first-order chi connectivity index (χ1) is 11.1. The maximum Gasteiger partial charge on any atom is 0.226 e. The molecule has 0 aliphatic rings. The SMILES string of the molecule is COCC(C)NC(N)=NCCc1coc(-c2ccc(F)cc2)n1. The molecule has 0 amide bonds. The molecule has 1 aromatic heterocycles. The second kappa shape index (κ2) is 8.28. The molecule has 0 bridgehead atoms. The van der Waals surface area contributed by atoms with Crippen molar-refractivity contribution in [3.8, 4) is 11.5 Å². The van der Waals surface area contributed by atoms with E-state index in [1.54, 1.807) is 25.5 Å². The van der Waals surface area contributed by atoms with E-state index in [0.29, 0.717) is 31.4 Å². The van der Waals surface area contributed by atoms with Gasteiger partial charge in [0.25, 0.3) is 0 Å². The average molecular weight is 320 g/mol. The molecule has 2 aromatic rings. The third-order valence-corrected chi connectivity index (χ3v) is 3.10. The molecule has 0 radical (unpaired) electrons. The third kappa shape index (κ3) is 5.37. The Labute approximate surface area is 134 Å². The summed E-state index contributed by atoms with van der Waals surface area (Å²) in [5.41, 5.74) is 7.28. The lowest BCUT2D eigenvalue weighted by Crippen LogP contribution is -2.40. The number of nitrogens with two attached hydrogens (primary N) is 1. The fourth-order valence-corrected chi connectivity index (χ4v) is 2.03. The fourth-order valence-electron chi connectivity index (χ4n) is 2.03. The molecule has 1 heterocycles. The molecule has 6 nitrogen and oxygen atoms in total. The van der Waals surface area contributed by atoms with Crippen molar-refractivity contribution >= 4 is 5.96 Å². The number of aromatic nitrogens is 1. The Kier molecular flexibility index (Phi) is 6.10. The Hall–Kier alpha value is -2.41. The summed E-state index contributed by atoms with van der Waals surface area (Å²) in [6.45, 7) is 3.01. The van der Waals surface area contributed by atoms with Gasteiger partial charge in [-0.1, -0.05) is 0 Å². The van der Waals surface area contributed by atoms with Crippen LogP contribution in [0.25, 0.3) is 11.5 Å². The van der Waals surface area contributed by atoms with E-state index < -0.39 is 0 Å². The van der Waals surface area contributed by atoms with Crippen LogP contribution in [0.1, 0.15) is 12.6 Å². The summed E-state index contributed by atoms with van der Waals surface area (Å²) in [5, 5.41) is 3.03. The van der Waals surface area contributed by atoms with Crippen LogP contribution < -0.4 is 11.1 Å². The minimum Gasteiger partial charge on any atom is -0.444 e. The van der Waals surface area contributed by atoms with Crippen LogP contribution in [-0.4, -0.2) is 37.2 Å². The first-order valence-corrected chi connectivity index (χ1v) is 7.34. The summed E-state index contributed by atoms with van der Waals surface area (Å²) < 4.78 is 23.3. The summed E-state index contributed by atoms with van der Waals surface area (Å²) in [5.74, 6) is 0.543. The molecule has 0 saturated carbocycles. The number of halogens is 1. The lowest BCUT2D eigenvalue weighted by Gasteiger charge is -2.12. The topological polar surface area (TPSA) is 85.7 Å². The van der Waals surface area contributed by atoms with Crippen molar-refractivity contribution in [3.05, 3.63) is 42.0 Å². The molecular formula is C16H21FN4O2. The van der Waals surface area contributed by atoms with Crippen molar-refractivity contribution in [3.63, 3.8) is 0 Å². The van der Waals surface area contributed by atoms with Crippen LogP contribution in [0, 0.1) is 5.82 Å². The standard InChI is InChI=1S/C16H21FN4O2/c1-11(9-22-2)20-16(18)19-8-7-14-10-23-15(21-14)12-3-5-13(17)6-4-12/h3-6,10-11H,7-9H2,1-2H3,(H3,18,19,20). The summed E-state index contributed by atoms with van der Waals surface area (Å²) in [4.78, 5) is 8.59. The second-order valence-electron chi connectivity index (χ2n) is 5.17. The molecule has 1 aromatic carbocycles. The van der Waals surface area contributed by atoms with E-state index in [1.807, 2.05) is 6.92 Å². The Bertz CT molecular complexity index is 640. The predicted molar refractivity (Wildman–Crippen MR) is 86.6 cm³/mol. The monoisotopic (exact) mass is 320 g/mol. The highest BCUT2D eigenvalue weighted by molar-refractivity contribution is 5.78. The molecule has 3 N–H and O–H groups in total.